The van der Waals surface area contributed by atoms with Crippen molar-refractivity contribution in [3.05, 3.63) is 57.5 Å². The van der Waals surface area contributed by atoms with E-state index in [1.807, 2.05) is 30.3 Å². The smallest absolute Gasteiger partial charge is 0.138 e. The molecule has 0 unspecified atom stereocenters. The van der Waals surface area contributed by atoms with Crippen LogP contribution in [-0.4, -0.2) is 5.94 Å². The van der Waals surface area contributed by atoms with Crippen LogP contribution in [0.15, 0.2) is 47.4 Å². The van der Waals surface area contributed by atoms with Gasteiger partial charge in [-0.25, -0.2) is 0 Å². The average molecular weight is 320 g/mol. The van der Waals surface area contributed by atoms with Gasteiger partial charge in [-0.15, -0.1) is 0 Å². The van der Waals surface area contributed by atoms with Crippen molar-refractivity contribution < 1.29 is 4.74 Å². The Morgan fingerprint density at radius 2 is 1.56 bits per heavy atom. The molecule has 0 heterocycles. The Balaban J connectivity index is 1.97. The zero-order chi connectivity index (χ0) is 13.0. The second-order valence-corrected chi connectivity index (χ2v) is 5.60. The van der Waals surface area contributed by atoms with Gasteiger partial charge in [0.05, 0.1) is 15.1 Å². The van der Waals surface area contributed by atoms with Crippen molar-refractivity contribution in [1.82, 2.24) is 0 Å². The van der Waals surface area contributed by atoms with Gasteiger partial charge in [0.25, 0.3) is 0 Å². The molecule has 2 aromatic rings. The van der Waals surface area contributed by atoms with Gasteiger partial charge in [-0.05, 0) is 24.3 Å². The lowest BCUT2D eigenvalue weighted by molar-refractivity contribution is 0.393. The van der Waals surface area contributed by atoms with Crippen molar-refractivity contribution >= 4 is 46.6 Å². The first-order valence-electron chi connectivity index (χ1n) is 5.12. The third-order valence-corrected chi connectivity index (χ3v) is 4.19. The van der Waals surface area contributed by atoms with Crippen LogP contribution in [0.25, 0.3) is 0 Å². The SMILES string of the molecule is Clc1cc(Cl)c(SCOc2ccccc2)cc1Cl. The van der Waals surface area contributed by atoms with E-state index in [2.05, 4.69) is 0 Å². The normalized spacial score (nSPS) is 10.4. The molecule has 0 aliphatic rings. The van der Waals surface area contributed by atoms with E-state index in [0.29, 0.717) is 21.0 Å². The van der Waals surface area contributed by atoms with E-state index in [1.165, 1.54) is 11.8 Å². The number of hydrogen-bond acceptors (Lipinski definition) is 2. The van der Waals surface area contributed by atoms with Crippen molar-refractivity contribution in [2.24, 2.45) is 0 Å². The second kappa shape index (κ2) is 6.58. The van der Waals surface area contributed by atoms with Crippen molar-refractivity contribution in [2.75, 3.05) is 5.94 Å². The first-order chi connectivity index (χ1) is 8.66. The van der Waals surface area contributed by atoms with Crippen LogP contribution in [-0.2, 0) is 0 Å². The molecule has 0 amide bonds. The summed E-state index contributed by atoms with van der Waals surface area (Å²) in [4.78, 5) is 0.849. The van der Waals surface area contributed by atoms with Crippen LogP contribution in [0.4, 0.5) is 0 Å². The molecule has 0 aromatic heterocycles. The molecule has 94 valence electrons. The summed E-state index contributed by atoms with van der Waals surface area (Å²) in [7, 11) is 0. The number of halogens is 3. The third-order valence-electron chi connectivity index (χ3n) is 2.16. The van der Waals surface area contributed by atoms with Crippen LogP contribution in [0.5, 0.6) is 5.75 Å². The zero-order valence-corrected chi connectivity index (χ0v) is 12.3. The fraction of sp³-hybridized carbons (Fsp3) is 0.0769. The fourth-order valence-corrected chi connectivity index (χ4v) is 2.79. The topological polar surface area (TPSA) is 9.23 Å². The average Bonchev–Trinajstić information content (AvgIpc) is 2.37. The van der Waals surface area contributed by atoms with E-state index in [4.69, 9.17) is 39.5 Å². The molecule has 0 atom stereocenters. The predicted octanol–water partition coefficient (Wildman–Crippen LogP) is 5.78. The lowest BCUT2D eigenvalue weighted by atomic mass is 10.3. The molecule has 0 saturated carbocycles. The van der Waals surface area contributed by atoms with Gasteiger partial charge in [-0.3, -0.25) is 0 Å². The Bertz CT molecular complexity index is 531. The number of thioether (sulfide) groups is 1. The van der Waals surface area contributed by atoms with Crippen molar-refractivity contribution in [3.63, 3.8) is 0 Å². The van der Waals surface area contributed by atoms with Gasteiger partial charge in [-0.1, -0.05) is 64.8 Å². The molecule has 1 nitrogen and oxygen atoms in total. The lowest BCUT2D eigenvalue weighted by Crippen LogP contribution is -1.92. The minimum atomic E-state index is 0.454. The van der Waals surface area contributed by atoms with E-state index < -0.39 is 0 Å². The number of rotatable bonds is 4. The molecule has 2 aromatic carbocycles. The summed E-state index contributed by atoms with van der Waals surface area (Å²) in [6, 6.07) is 13.0. The van der Waals surface area contributed by atoms with E-state index >= 15 is 0 Å². The van der Waals surface area contributed by atoms with Gasteiger partial charge >= 0.3 is 0 Å². The van der Waals surface area contributed by atoms with E-state index in [-0.39, 0.29) is 0 Å². The zero-order valence-electron chi connectivity index (χ0n) is 9.20. The molecular formula is C13H9Cl3OS. The van der Waals surface area contributed by atoms with Crippen LogP contribution < -0.4 is 4.74 Å². The molecule has 0 saturated heterocycles. The minimum absolute atomic E-state index is 0.454. The largest absolute Gasteiger partial charge is 0.483 e. The highest BCUT2D eigenvalue weighted by Crippen LogP contribution is 2.34. The van der Waals surface area contributed by atoms with Crippen LogP contribution >= 0.6 is 46.6 Å². The summed E-state index contributed by atoms with van der Waals surface area (Å²) >= 11 is 19.3. The van der Waals surface area contributed by atoms with E-state index in [0.717, 1.165) is 10.6 Å². The summed E-state index contributed by atoms with van der Waals surface area (Å²) in [5, 5.41) is 1.52. The van der Waals surface area contributed by atoms with Gasteiger partial charge in [0, 0.05) is 4.90 Å². The van der Waals surface area contributed by atoms with E-state index in [9.17, 15) is 0 Å². The van der Waals surface area contributed by atoms with Gasteiger partial charge in [0.15, 0.2) is 0 Å². The third kappa shape index (κ3) is 3.72. The molecule has 5 heteroatoms. The van der Waals surface area contributed by atoms with Crippen molar-refractivity contribution in [3.8, 4) is 5.75 Å². The summed E-state index contributed by atoms with van der Waals surface area (Å²) in [5.41, 5.74) is 0. The summed E-state index contributed by atoms with van der Waals surface area (Å²) < 4.78 is 5.56. The standard InChI is InChI=1S/C13H9Cl3OS/c14-10-6-12(16)13(7-11(10)15)18-8-17-9-4-2-1-3-5-9/h1-7H,8H2. The molecule has 0 bridgehead atoms. The van der Waals surface area contributed by atoms with Crippen molar-refractivity contribution in [1.29, 1.82) is 0 Å². The molecule has 0 aliphatic heterocycles. The molecule has 0 N–H and O–H groups in total. The highest BCUT2D eigenvalue weighted by atomic mass is 35.5. The Labute approximate surface area is 125 Å². The fourth-order valence-electron chi connectivity index (χ4n) is 1.29. The Morgan fingerprint density at radius 1 is 0.889 bits per heavy atom. The maximum Gasteiger partial charge on any atom is 0.138 e. The molecular weight excluding hydrogens is 311 g/mol. The van der Waals surface area contributed by atoms with Gasteiger partial charge in [0.2, 0.25) is 0 Å². The summed E-state index contributed by atoms with van der Waals surface area (Å²) in [6.07, 6.45) is 0. The number of ether oxygens (including phenoxy) is 1. The number of benzene rings is 2. The summed E-state index contributed by atoms with van der Waals surface area (Å²) in [5.74, 6) is 1.28. The van der Waals surface area contributed by atoms with Crippen LogP contribution in [0.2, 0.25) is 15.1 Å². The molecule has 0 spiro atoms. The predicted molar refractivity (Wildman–Crippen MR) is 79.3 cm³/mol. The monoisotopic (exact) mass is 318 g/mol. The van der Waals surface area contributed by atoms with E-state index in [1.54, 1.807) is 12.1 Å². The Kier molecular flexibility index (Phi) is 5.07. The first-order valence-corrected chi connectivity index (χ1v) is 7.24. The van der Waals surface area contributed by atoms with Crippen LogP contribution in [0.3, 0.4) is 0 Å². The molecule has 0 radical (unpaired) electrons. The van der Waals surface area contributed by atoms with Gasteiger partial charge in [-0.2, -0.15) is 0 Å². The van der Waals surface area contributed by atoms with Gasteiger partial charge < -0.3 is 4.74 Å². The highest BCUT2D eigenvalue weighted by molar-refractivity contribution is 7.99. The summed E-state index contributed by atoms with van der Waals surface area (Å²) in [6.45, 7) is 0. The molecule has 0 fully saturated rings. The van der Waals surface area contributed by atoms with Crippen LogP contribution in [0, 0.1) is 0 Å². The molecule has 2 rings (SSSR count). The number of hydrogen-bond donors (Lipinski definition) is 0. The maximum atomic E-state index is 6.06. The highest BCUT2D eigenvalue weighted by Gasteiger charge is 2.06. The Hall–Kier alpha value is -0.540. The first kappa shape index (κ1) is 13.9. The molecule has 18 heavy (non-hydrogen) atoms. The quantitative estimate of drug-likeness (QED) is 0.401. The van der Waals surface area contributed by atoms with Crippen molar-refractivity contribution in [2.45, 2.75) is 4.90 Å². The molecule has 0 aliphatic carbocycles. The maximum absolute atomic E-state index is 6.06. The number of para-hydroxylation sites is 1. The van der Waals surface area contributed by atoms with Crippen LogP contribution in [0.1, 0.15) is 0 Å². The lowest BCUT2D eigenvalue weighted by Gasteiger charge is -2.08. The minimum Gasteiger partial charge on any atom is -0.483 e. The Morgan fingerprint density at radius 3 is 2.28 bits per heavy atom. The second-order valence-electron chi connectivity index (χ2n) is 3.42. The van der Waals surface area contributed by atoms with Gasteiger partial charge in [0.1, 0.15) is 11.7 Å².